The second-order valence-corrected chi connectivity index (χ2v) is 7.01. The maximum Gasteiger partial charge on any atom is 0.308 e. The summed E-state index contributed by atoms with van der Waals surface area (Å²) in [6, 6.07) is 5.69. The van der Waals surface area contributed by atoms with Crippen molar-refractivity contribution in [2.24, 2.45) is 5.92 Å². The van der Waals surface area contributed by atoms with Crippen LogP contribution in [0, 0.1) is 5.92 Å². The fourth-order valence-corrected chi connectivity index (χ4v) is 3.42. The van der Waals surface area contributed by atoms with Crippen molar-refractivity contribution in [1.29, 1.82) is 0 Å². The Balaban J connectivity index is 2.18. The van der Waals surface area contributed by atoms with Crippen LogP contribution in [0.4, 0.5) is 0 Å². The Bertz CT molecular complexity index is 729. The zero-order chi connectivity index (χ0) is 17.0. The van der Waals surface area contributed by atoms with Gasteiger partial charge >= 0.3 is 5.97 Å². The fraction of sp³-hybridized carbons (Fsp3) is 0.333. The largest absolute Gasteiger partial charge is 0.481 e. The van der Waals surface area contributed by atoms with Crippen molar-refractivity contribution < 1.29 is 23.1 Å². The summed E-state index contributed by atoms with van der Waals surface area (Å²) in [5, 5.41) is 8.98. The summed E-state index contributed by atoms with van der Waals surface area (Å²) in [4.78, 5) is 24.8. The number of hydrogen-bond donors (Lipinski definition) is 2. The molecule has 1 aliphatic heterocycles. The number of carbonyl (C=O) groups is 2. The molecule has 2 rings (SSSR count). The van der Waals surface area contributed by atoms with Crippen LogP contribution >= 0.6 is 0 Å². The molecule has 124 valence electrons. The molecule has 0 aromatic heterocycles. The molecular formula is C15H18N2O5S. The summed E-state index contributed by atoms with van der Waals surface area (Å²) >= 11 is 0. The highest BCUT2D eigenvalue weighted by molar-refractivity contribution is 7.89. The van der Waals surface area contributed by atoms with Crippen LogP contribution in [0.1, 0.15) is 16.8 Å². The molecule has 1 aliphatic rings. The van der Waals surface area contributed by atoms with Crippen molar-refractivity contribution in [3.05, 3.63) is 42.5 Å². The Morgan fingerprint density at radius 1 is 1.43 bits per heavy atom. The monoisotopic (exact) mass is 338 g/mol. The van der Waals surface area contributed by atoms with Crippen molar-refractivity contribution in [2.75, 3.05) is 19.6 Å². The number of hydrogen-bond acceptors (Lipinski definition) is 4. The summed E-state index contributed by atoms with van der Waals surface area (Å²) in [6.07, 6.45) is 1.82. The Morgan fingerprint density at radius 3 is 2.78 bits per heavy atom. The van der Waals surface area contributed by atoms with Crippen molar-refractivity contribution in [1.82, 2.24) is 9.62 Å². The summed E-state index contributed by atoms with van der Waals surface area (Å²) in [5.41, 5.74) is 0.220. The highest BCUT2D eigenvalue weighted by Crippen LogP contribution is 2.20. The summed E-state index contributed by atoms with van der Waals surface area (Å²) in [7, 11) is -3.71. The lowest BCUT2D eigenvalue weighted by Crippen LogP contribution is -2.30. The van der Waals surface area contributed by atoms with E-state index in [0.29, 0.717) is 13.0 Å². The van der Waals surface area contributed by atoms with Crippen LogP contribution in [0.5, 0.6) is 0 Å². The summed E-state index contributed by atoms with van der Waals surface area (Å²) in [6.45, 7) is 4.02. The van der Waals surface area contributed by atoms with E-state index in [1.54, 1.807) is 0 Å². The first-order valence-electron chi connectivity index (χ1n) is 7.08. The Kier molecular flexibility index (Phi) is 5.17. The molecule has 1 fully saturated rings. The van der Waals surface area contributed by atoms with Gasteiger partial charge in [-0.1, -0.05) is 12.1 Å². The normalized spacial score (nSPS) is 17.9. The first-order chi connectivity index (χ1) is 10.8. The van der Waals surface area contributed by atoms with Gasteiger partial charge in [0.2, 0.25) is 10.0 Å². The van der Waals surface area contributed by atoms with E-state index in [4.69, 9.17) is 5.11 Å². The smallest absolute Gasteiger partial charge is 0.308 e. The first kappa shape index (κ1) is 17.2. The van der Waals surface area contributed by atoms with E-state index in [1.165, 1.54) is 35.2 Å². The quantitative estimate of drug-likeness (QED) is 0.743. The molecule has 7 nitrogen and oxygen atoms in total. The number of benzene rings is 1. The zero-order valence-electron chi connectivity index (χ0n) is 12.4. The van der Waals surface area contributed by atoms with Gasteiger partial charge in [0.15, 0.2) is 0 Å². The molecule has 8 heteroatoms. The lowest BCUT2D eigenvalue weighted by Gasteiger charge is -2.16. The molecule has 0 aliphatic carbocycles. The lowest BCUT2D eigenvalue weighted by molar-refractivity contribution is -0.141. The number of nitrogens with zero attached hydrogens (tertiary/aromatic N) is 1. The SMILES string of the molecule is C=CCNS(=O)(=O)c1cccc(C(=O)N2CCC(C(=O)O)C2)c1. The van der Waals surface area contributed by atoms with Crippen LogP contribution in [-0.2, 0) is 14.8 Å². The van der Waals surface area contributed by atoms with Gasteiger partial charge in [0.1, 0.15) is 0 Å². The van der Waals surface area contributed by atoms with Crippen LogP contribution < -0.4 is 4.72 Å². The summed E-state index contributed by atoms with van der Waals surface area (Å²) < 4.78 is 26.5. The van der Waals surface area contributed by atoms with E-state index in [2.05, 4.69) is 11.3 Å². The third kappa shape index (κ3) is 3.96. The van der Waals surface area contributed by atoms with Gasteiger partial charge in [-0.25, -0.2) is 13.1 Å². The molecule has 0 saturated carbocycles. The molecule has 1 aromatic rings. The number of aliphatic carboxylic acids is 1. The molecule has 23 heavy (non-hydrogen) atoms. The van der Waals surface area contributed by atoms with Crippen molar-refractivity contribution in [3.63, 3.8) is 0 Å². The molecule has 1 atom stereocenters. The Labute approximate surface area is 134 Å². The number of carbonyl (C=O) groups excluding carboxylic acids is 1. The molecule has 1 saturated heterocycles. The summed E-state index contributed by atoms with van der Waals surface area (Å²) in [5.74, 6) is -1.86. The number of carboxylic acid groups (broad SMARTS) is 1. The van der Waals surface area contributed by atoms with Gasteiger partial charge in [0.25, 0.3) is 5.91 Å². The predicted octanol–water partition coefficient (Wildman–Crippen LogP) is 0.698. The predicted molar refractivity (Wildman–Crippen MR) is 83.5 cm³/mol. The zero-order valence-corrected chi connectivity index (χ0v) is 13.3. The number of sulfonamides is 1. The van der Waals surface area contributed by atoms with Gasteiger partial charge in [-0.3, -0.25) is 9.59 Å². The number of likely N-dealkylation sites (tertiary alicyclic amines) is 1. The highest BCUT2D eigenvalue weighted by atomic mass is 32.2. The third-order valence-electron chi connectivity index (χ3n) is 3.63. The first-order valence-corrected chi connectivity index (χ1v) is 8.56. The minimum absolute atomic E-state index is 0.0146. The van der Waals surface area contributed by atoms with E-state index in [0.717, 1.165) is 0 Å². The maximum atomic E-state index is 12.4. The van der Waals surface area contributed by atoms with Crippen LogP contribution in [0.3, 0.4) is 0 Å². The standard InChI is InChI=1S/C15H18N2O5S/c1-2-7-16-23(21,22)13-5-3-4-11(9-13)14(18)17-8-6-12(10-17)15(19)20/h2-5,9,12,16H,1,6-8,10H2,(H,19,20). The molecule has 2 N–H and O–H groups in total. The van der Waals surface area contributed by atoms with Crippen molar-refractivity contribution in [3.8, 4) is 0 Å². The van der Waals surface area contributed by atoms with Gasteiger partial charge in [-0.05, 0) is 24.6 Å². The minimum Gasteiger partial charge on any atom is -0.481 e. The third-order valence-corrected chi connectivity index (χ3v) is 5.05. The molecular weight excluding hydrogens is 320 g/mol. The molecule has 1 unspecified atom stereocenters. The van der Waals surface area contributed by atoms with E-state index in [9.17, 15) is 18.0 Å². The molecule has 1 amide bonds. The minimum atomic E-state index is -3.71. The van der Waals surface area contributed by atoms with Gasteiger partial charge in [0.05, 0.1) is 10.8 Å². The van der Waals surface area contributed by atoms with Crippen LogP contribution in [0.2, 0.25) is 0 Å². The molecule has 0 bridgehead atoms. The van der Waals surface area contributed by atoms with Crippen molar-refractivity contribution in [2.45, 2.75) is 11.3 Å². The topological polar surface area (TPSA) is 104 Å². The van der Waals surface area contributed by atoms with Crippen molar-refractivity contribution >= 4 is 21.9 Å². The second-order valence-electron chi connectivity index (χ2n) is 5.24. The second kappa shape index (κ2) is 6.93. The maximum absolute atomic E-state index is 12.4. The molecule has 1 heterocycles. The van der Waals surface area contributed by atoms with Crippen LogP contribution in [0.15, 0.2) is 41.8 Å². The Morgan fingerprint density at radius 2 is 2.17 bits per heavy atom. The number of rotatable bonds is 6. The number of nitrogens with one attached hydrogen (secondary N) is 1. The van der Waals surface area contributed by atoms with E-state index >= 15 is 0 Å². The van der Waals surface area contributed by atoms with Gasteiger partial charge in [0, 0.05) is 25.2 Å². The van der Waals surface area contributed by atoms with Gasteiger partial charge in [-0.15, -0.1) is 6.58 Å². The highest BCUT2D eigenvalue weighted by Gasteiger charge is 2.31. The van der Waals surface area contributed by atoms with E-state index in [-0.39, 0.29) is 29.5 Å². The van der Waals surface area contributed by atoms with Gasteiger partial charge in [-0.2, -0.15) is 0 Å². The fourth-order valence-electron chi connectivity index (χ4n) is 2.38. The Hall–Kier alpha value is -2.19. The number of carboxylic acids is 1. The van der Waals surface area contributed by atoms with Crippen LogP contribution in [0.25, 0.3) is 0 Å². The average Bonchev–Trinajstić information content (AvgIpc) is 3.02. The molecule has 0 spiro atoms. The van der Waals surface area contributed by atoms with Gasteiger partial charge < -0.3 is 10.0 Å². The molecule has 1 aromatic carbocycles. The average molecular weight is 338 g/mol. The van der Waals surface area contributed by atoms with Crippen LogP contribution in [-0.4, -0.2) is 49.9 Å². The van der Waals surface area contributed by atoms with E-state index < -0.39 is 21.9 Å². The molecule has 0 radical (unpaired) electrons. The lowest BCUT2D eigenvalue weighted by atomic mass is 10.1. The number of amides is 1. The van der Waals surface area contributed by atoms with E-state index in [1.807, 2.05) is 0 Å².